The second-order valence-electron chi connectivity index (χ2n) is 2.00. The van der Waals surface area contributed by atoms with E-state index in [1.165, 1.54) is 28.5 Å². The molecule has 1 unspecified atom stereocenters. The molecule has 0 amide bonds. The van der Waals surface area contributed by atoms with Gasteiger partial charge in [0.1, 0.15) is 4.58 Å². The van der Waals surface area contributed by atoms with Gasteiger partial charge in [-0.25, -0.2) is 0 Å². The fourth-order valence-corrected chi connectivity index (χ4v) is 3.89. The average Bonchev–Trinajstić information content (AvgIpc) is 1.86. The Morgan fingerprint density at radius 3 is 2.45 bits per heavy atom. The van der Waals surface area contributed by atoms with Crippen molar-refractivity contribution in [3.05, 3.63) is 0 Å². The molecule has 0 aliphatic carbocycles. The molecule has 68 valence electrons. The van der Waals surface area contributed by atoms with E-state index in [0.29, 0.717) is 0 Å². The predicted octanol–water partition coefficient (Wildman–Crippen LogP) is 2.01. The smallest absolute Gasteiger partial charge is 0.277 e. The predicted molar refractivity (Wildman–Crippen MR) is 51.4 cm³/mol. The zero-order valence-electron chi connectivity index (χ0n) is 6.48. The quantitative estimate of drug-likeness (QED) is 0.433. The standard InChI is InChI=1S/C5H12O3S3/c1-3-4-9-10-5(2)11(6,7)8/h5H,3-4H2,1-2H3,(H,6,7,8). The van der Waals surface area contributed by atoms with E-state index in [4.69, 9.17) is 4.55 Å². The molecule has 1 N–H and O–H groups in total. The summed E-state index contributed by atoms with van der Waals surface area (Å²) in [5, 5.41) is 0. The van der Waals surface area contributed by atoms with E-state index in [2.05, 4.69) is 0 Å². The number of rotatable bonds is 5. The molecule has 0 radical (unpaired) electrons. The summed E-state index contributed by atoms with van der Waals surface area (Å²) in [7, 11) is -1.19. The normalized spacial score (nSPS) is 14.8. The molecule has 0 bridgehead atoms. The van der Waals surface area contributed by atoms with Gasteiger partial charge in [0.2, 0.25) is 0 Å². The lowest BCUT2D eigenvalue weighted by molar-refractivity contribution is 0.482. The Bertz CT molecular complexity index is 187. The Labute approximate surface area is 75.5 Å². The van der Waals surface area contributed by atoms with Gasteiger partial charge >= 0.3 is 0 Å². The maximum Gasteiger partial charge on any atom is 0.277 e. The molecule has 11 heavy (non-hydrogen) atoms. The monoisotopic (exact) mass is 216 g/mol. The highest BCUT2D eigenvalue weighted by Gasteiger charge is 2.17. The summed E-state index contributed by atoms with van der Waals surface area (Å²) in [4.78, 5) is 0. The van der Waals surface area contributed by atoms with E-state index >= 15 is 0 Å². The minimum absolute atomic E-state index is 0.723. The summed E-state index contributed by atoms with van der Waals surface area (Å²) in [6.07, 6.45) is 1.01. The van der Waals surface area contributed by atoms with Crippen LogP contribution in [0.1, 0.15) is 20.3 Å². The lowest BCUT2D eigenvalue weighted by Gasteiger charge is -2.04. The zero-order valence-corrected chi connectivity index (χ0v) is 8.93. The molecule has 0 aromatic rings. The zero-order chi connectivity index (χ0) is 8.91. The molecule has 6 heteroatoms. The highest BCUT2D eigenvalue weighted by atomic mass is 33.1. The topological polar surface area (TPSA) is 54.4 Å². The van der Waals surface area contributed by atoms with Crippen LogP contribution in [0.2, 0.25) is 0 Å². The molecule has 0 aliphatic rings. The van der Waals surface area contributed by atoms with Gasteiger partial charge in [0, 0.05) is 5.75 Å². The molecule has 0 aliphatic heterocycles. The molecule has 0 aromatic heterocycles. The second-order valence-corrected chi connectivity index (χ2v) is 6.86. The van der Waals surface area contributed by atoms with Gasteiger partial charge in [-0.1, -0.05) is 28.5 Å². The van der Waals surface area contributed by atoms with Crippen molar-refractivity contribution in [1.29, 1.82) is 0 Å². The largest absolute Gasteiger partial charge is 0.285 e. The van der Waals surface area contributed by atoms with E-state index in [-0.39, 0.29) is 0 Å². The van der Waals surface area contributed by atoms with Gasteiger partial charge in [-0.05, 0) is 13.3 Å². The Morgan fingerprint density at radius 2 is 2.09 bits per heavy atom. The van der Waals surface area contributed by atoms with E-state index < -0.39 is 14.7 Å². The first-order chi connectivity index (χ1) is 4.98. The third-order valence-electron chi connectivity index (χ3n) is 0.910. The van der Waals surface area contributed by atoms with Crippen LogP contribution in [0.15, 0.2) is 0 Å². The van der Waals surface area contributed by atoms with Gasteiger partial charge in [0.05, 0.1) is 0 Å². The highest BCUT2D eigenvalue weighted by molar-refractivity contribution is 8.78. The van der Waals surface area contributed by atoms with Crippen molar-refractivity contribution in [2.75, 3.05) is 5.75 Å². The van der Waals surface area contributed by atoms with E-state index in [1.54, 1.807) is 0 Å². The van der Waals surface area contributed by atoms with Crippen LogP contribution in [0.25, 0.3) is 0 Å². The Morgan fingerprint density at radius 1 is 1.55 bits per heavy atom. The first-order valence-electron chi connectivity index (χ1n) is 3.23. The van der Waals surface area contributed by atoms with Crippen molar-refractivity contribution in [2.24, 2.45) is 0 Å². The van der Waals surface area contributed by atoms with Gasteiger partial charge in [-0.3, -0.25) is 4.55 Å². The first-order valence-corrected chi connectivity index (χ1v) is 7.11. The van der Waals surface area contributed by atoms with Gasteiger partial charge in [-0.2, -0.15) is 8.42 Å². The maximum atomic E-state index is 10.4. The number of hydrogen-bond donors (Lipinski definition) is 1. The maximum absolute atomic E-state index is 10.4. The third kappa shape index (κ3) is 5.84. The molecule has 0 saturated heterocycles. The number of hydrogen-bond acceptors (Lipinski definition) is 4. The molecule has 0 fully saturated rings. The first kappa shape index (κ1) is 11.6. The van der Waals surface area contributed by atoms with Crippen molar-refractivity contribution < 1.29 is 13.0 Å². The van der Waals surface area contributed by atoms with Crippen molar-refractivity contribution in [3.8, 4) is 0 Å². The van der Waals surface area contributed by atoms with E-state index in [1.807, 2.05) is 6.92 Å². The van der Waals surface area contributed by atoms with Gasteiger partial charge in [0.15, 0.2) is 0 Å². The summed E-state index contributed by atoms with van der Waals surface area (Å²) < 4.78 is 28.7. The van der Waals surface area contributed by atoms with Crippen LogP contribution in [-0.2, 0) is 10.1 Å². The van der Waals surface area contributed by atoms with Crippen molar-refractivity contribution in [3.63, 3.8) is 0 Å². The summed E-state index contributed by atoms with van der Waals surface area (Å²) in [5.41, 5.74) is 0. The molecular formula is C5H12O3S3. The van der Waals surface area contributed by atoms with E-state index in [9.17, 15) is 8.42 Å². The molecule has 0 rings (SSSR count). The SMILES string of the molecule is CCCSSC(C)S(=O)(=O)O. The summed E-state index contributed by atoms with van der Waals surface area (Å²) in [6, 6.07) is 0. The minimum atomic E-state index is -3.84. The summed E-state index contributed by atoms with van der Waals surface area (Å²) in [6.45, 7) is 3.49. The van der Waals surface area contributed by atoms with Crippen molar-refractivity contribution in [1.82, 2.24) is 0 Å². The van der Waals surface area contributed by atoms with Crippen LogP contribution in [0.5, 0.6) is 0 Å². The summed E-state index contributed by atoms with van der Waals surface area (Å²) >= 11 is 0. The molecule has 1 atom stereocenters. The minimum Gasteiger partial charge on any atom is -0.285 e. The lowest BCUT2D eigenvalue weighted by atomic mass is 10.6. The Hall–Kier alpha value is 0.610. The van der Waals surface area contributed by atoms with Crippen LogP contribution in [-0.4, -0.2) is 23.3 Å². The van der Waals surface area contributed by atoms with Gasteiger partial charge in [0.25, 0.3) is 10.1 Å². The van der Waals surface area contributed by atoms with Crippen LogP contribution in [0.3, 0.4) is 0 Å². The molecule has 0 heterocycles. The molecule has 0 saturated carbocycles. The van der Waals surface area contributed by atoms with Crippen LogP contribution < -0.4 is 0 Å². The van der Waals surface area contributed by atoms with Crippen LogP contribution in [0.4, 0.5) is 0 Å². The van der Waals surface area contributed by atoms with Crippen LogP contribution >= 0.6 is 21.6 Å². The molecule has 0 aromatic carbocycles. The Kier molecular flexibility index (Phi) is 5.58. The fraction of sp³-hybridized carbons (Fsp3) is 1.00. The third-order valence-corrected chi connectivity index (χ3v) is 5.89. The highest BCUT2D eigenvalue weighted by Crippen LogP contribution is 2.29. The molecular weight excluding hydrogens is 204 g/mol. The van der Waals surface area contributed by atoms with Crippen molar-refractivity contribution in [2.45, 2.75) is 24.9 Å². The van der Waals surface area contributed by atoms with Crippen molar-refractivity contribution >= 4 is 31.7 Å². The average molecular weight is 216 g/mol. The molecule has 0 spiro atoms. The van der Waals surface area contributed by atoms with Gasteiger partial charge in [-0.15, -0.1) is 0 Å². The lowest BCUT2D eigenvalue weighted by Crippen LogP contribution is -2.10. The Balaban J connectivity index is 3.62. The second kappa shape index (κ2) is 5.29. The van der Waals surface area contributed by atoms with Crippen LogP contribution in [0, 0.1) is 0 Å². The van der Waals surface area contributed by atoms with Gasteiger partial charge < -0.3 is 0 Å². The van der Waals surface area contributed by atoms with E-state index in [0.717, 1.165) is 12.2 Å². The molecule has 3 nitrogen and oxygen atoms in total. The fourth-order valence-electron chi connectivity index (χ4n) is 0.277. The summed E-state index contributed by atoms with van der Waals surface area (Å²) in [5.74, 6) is 0.907.